The minimum absolute atomic E-state index is 0.109. The van der Waals surface area contributed by atoms with E-state index in [4.69, 9.17) is 4.74 Å². The lowest BCUT2D eigenvalue weighted by Crippen LogP contribution is -2.19. The fourth-order valence-corrected chi connectivity index (χ4v) is 2.75. The van der Waals surface area contributed by atoms with Gasteiger partial charge in [0.15, 0.2) is 0 Å². The number of benzene rings is 2. The average Bonchev–Trinajstić information content (AvgIpc) is 2.61. The Kier molecular flexibility index (Phi) is 6.96. The molecule has 0 saturated heterocycles. The van der Waals surface area contributed by atoms with Crippen molar-refractivity contribution in [3.63, 3.8) is 0 Å². The molecule has 4 heteroatoms. The molecule has 138 valence electrons. The first kappa shape index (κ1) is 19.7. The van der Waals surface area contributed by atoms with E-state index in [1.807, 2.05) is 19.1 Å². The van der Waals surface area contributed by atoms with Crippen LogP contribution in [0.1, 0.15) is 55.1 Å². The minimum atomic E-state index is -0.391. The monoisotopic (exact) mass is 353 g/mol. The molecule has 2 aromatic carbocycles. The van der Waals surface area contributed by atoms with Gasteiger partial charge in [-0.25, -0.2) is 4.79 Å². The number of hydrogen-bond donors (Lipinski definition) is 1. The van der Waals surface area contributed by atoms with E-state index in [1.165, 1.54) is 5.56 Å². The molecule has 0 heterocycles. The van der Waals surface area contributed by atoms with E-state index >= 15 is 0 Å². The van der Waals surface area contributed by atoms with Crippen molar-refractivity contribution in [1.82, 2.24) is 0 Å². The summed E-state index contributed by atoms with van der Waals surface area (Å²) in [4.78, 5) is 24.4. The first-order valence-corrected chi connectivity index (χ1v) is 9.07. The van der Waals surface area contributed by atoms with E-state index in [9.17, 15) is 9.59 Å². The Balaban J connectivity index is 2.05. The predicted octanol–water partition coefficient (Wildman–Crippen LogP) is 4.80. The number of amides is 1. The summed E-state index contributed by atoms with van der Waals surface area (Å²) in [5.74, 6) is -0.178. The molecule has 0 saturated carbocycles. The maximum atomic E-state index is 12.6. The third kappa shape index (κ3) is 5.45. The van der Waals surface area contributed by atoms with Gasteiger partial charge in [0.05, 0.1) is 18.1 Å². The van der Waals surface area contributed by atoms with Crippen molar-refractivity contribution >= 4 is 17.6 Å². The standard InChI is InChI=1S/C22H27NO3/c1-5-26-22(25)19-7-6-8-20(14-19)23-21(24)16(4)18-11-9-17(10-12-18)13-15(2)3/h6-12,14-16H,5,13H2,1-4H3,(H,23,24)/t16-/m1/s1. The van der Waals surface area contributed by atoms with Crippen LogP contribution in [0.3, 0.4) is 0 Å². The Morgan fingerprint density at radius 1 is 1.04 bits per heavy atom. The van der Waals surface area contributed by atoms with E-state index in [1.54, 1.807) is 31.2 Å². The molecule has 0 aliphatic heterocycles. The van der Waals surface area contributed by atoms with Gasteiger partial charge in [0.1, 0.15) is 0 Å². The minimum Gasteiger partial charge on any atom is -0.462 e. The Morgan fingerprint density at radius 3 is 2.35 bits per heavy atom. The number of hydrogen-bond acceptors (Lipinski definition) is 3. The summed E-state index contributed by atoms with van der Waals surface area (Å²) < 4.78 is 4.99. The second-order valence-corrected chi connectivity index (χ2v) is 6.85. The summed E-state index contributed by atoms with van der Waals surface area (Å²) in [6.07, 6.45) is 1.03. The highest BCUT2D eigenvalue weighted by molar-refractivity contribution is 5.97. The molecular weight excluding hydrogens is 326 g/mol. The van der Waals surface area contributed by atoms with Gasteiger partial charge in [-0.1, -0.05) is 44.2 Å². The third-order valence-electron chi connectivity index (χ3n) is 4.16. The number of carbonyl (C=O) groups excluding carboxylic acids is 2. The summed E-state index contributed by atoms with van der Waals surface area (Å²) in [5.41, 5.74) is 3.26. The van der Waals surface area contributed by atoms with E-state index < -0.39 is 5.97 Å². The lowest BCUT2D eigenvalue weighted by molar-refractivity contribution is -0.117. The van der Waals surface area contributed by atoms with Crippen LogP contribution < -0.4 is 5.32 Å². The molecule has 1 N–H and O–H groups in total. The van der Waals surface area contributed by atoms with Crippen LogP contribution in [0.25, 0.3) is 0 Å². The van der Waals surface area contributed by atoms with Crippen LogP contribution in [0, 0.1) is 5.92 Å². The molecule has 1 atom stereocenters. The smallest absolute Gasteiger partial charge is 0.338 e. The molecule has 0 spiro atoms. The van der Waals surface area contributed by atoms with Crippen LogP contribution in [-0.2, 0) is 16.0 Å². The second-order valence-electron chi connectivity index (χ2n) is 6.85. The second kappa shape index (κ2) is 9.18. The SMILES string of the molecule is CCOC(=O)c1cccc(NC(=O)[C@H](C)c2ccc(CC(C)C)cc2)c1. The Bertz CT molecular complexity index is 750. The number of anilines is 1. The molecule has 4 nitrogen and oxygen atoms in total. The zero-order valence-corrected chi connectivity index (χ0v) is 15.9. The summed E-state index contributed by atoms with van der Waals surface area (Å²) in [5, 5.41) is 2.88. The van der Waals surface area contributed by atoms with Gasteiger partial charge >= 0.3 is 5.97 Å². The molecule has 0 fully saturated rings. The number of rotatable bonds is 7. The van der Waals surface area contributed by atoms with Gasteiger partial charge in [0, 0.05) is 5.69 Å². The van der Waals surface area contributed by atoms with Crippen molar-refractivity contribution in [2.24, 2.45) is 5.92 Å². The zero-order valence-electron chi connectivity index (χ0n) is 15.9. The molecule has 0 bridgehead atoms. The molecule has 26 heavy (non-hydrogen) atoms. The number of carbonyl (C=O) groups is 2. The van der Waals surface area contributed by atoms with Crippen LogP contribution >= 0.6 is 0 Å². The maximum Gasteiger partial charge on any atom is 0.338 e. The molecule has 1 amide bonds. The summed E-state index contributed by atoms with van der Waals surface area (Å²) in [7, 11) is 0. The van der Waals surface area contributed by atoms with Gasteiger partial charge < -0.3 is 10.1 Å². The van der Waals surface area contributed by atoms with Crippen molar-refractivity contribution in [2.45, 2.75) is 40.0 Å². The van der Waals surface area contributed by atoms with Crippen LogP contribution in [-0.4, -0.2) is 18.5 Å². The molecule has 2 aromatic rings. The van der Waals surface area contributed by atoms with Gasteiger partial charge in [0.2, 0.25) is 5.91 Å². The van der Waals surface area contributed by atoms with E-state index in [-0.39, 0.29) is 11.8 Å². The van der Waals surface area contributed by atoms with Gasteiger partial charge in [-0.05, 0) is 55.5 Å². The fourth-order valence-electron chi connectivity index (χ4n) is 2.75. The summed E-state index contributed by atoms with van der Waals surface area (Å²) >= 11 is 0. The Hall–Kier alpha value is -2.62. The van der Waals surface area contributed by atoms with Crippen molar-refractivity contribution < 1.29 is 14.3 Å². The molecule has 0 radical (unpaired) electrons. The maximum absolute atomic E-state index is 12.6. The van der Waals surface area contributed by atoms with Crippen molar-refractivity contribution in [3.05, 3.63) is 65.2 Å². The lowest BCUT2D eigenvalue weighted by Gasteiger charge is -2.14. The third-order valence-corrected chi connectivity index (χ3v) is 4.16. The lowest BCUT2D eigenvalue weighted by atomic mass is 9.96. The van der Waals surface area contributed by atoms with Crippen molar-refractivity contribution in [3.8, 4) is 0 Å². The van der Waals surface area contributed by atoms with Gasteiger partial charge in [-0.2, -0.15) is 0 Å². The van der Waals surface area contributed by atoms with E-state index in [0.717, 1.165) is 12.0 Å². The first-order chi connectivity index (χ1) is 12.4. The van der Waals surface area contributed by atoms with Crippen LogP contribution in [0.4, 0.5) is 5.69 Å². The molecule has 0 aliphatic rings. The van der Waals surface area contributed by atoms with Gasteiger partial charge in [-0.15, -0.1) is 0 Å². The van der Waals surface area contributed by atoms with Gasteiger partial charge in [0.25, 0.3) is 0 Å². The highest BCUT2D eigenvalue weighted by Crippen LogP contribution is 2.20. The highest BCUT2D eigenvalue weighted by Gasteiger charge is 2.16. The van der Waals surface area contributed by atoms with E-state index in [0.29, 0.717) is 23.8 Å². The molecule has 0 aromatic heterocycles. The first-order valence-electron chi connectivity index (χ1n) is 9.07. The van der Waals surface area contributed by atoms with Crippen LogP contribution in [0.15, 0.2) is 48.5 Å². The van der Waals surface area contributed by atoms with Crippen molar-refractivity contribution in [1.29, 1.82) is 0 Å². The van der Waals surface area contributed by atoms with Crippen molar-refractivity contribution in [2.75, 3.05) is 11.9 Å². The summed E-state index contributed by atoms with van der Waals surface area (Å²) in [6.45, 7) is 8.33. The Labute approximate surface area is 155 Å². The largest absolute Gasteiger partial charge is 0.462 e. The number of ether oxygens (including phenoxy) is 1. The molecule has 0 aliphatic carbocycles. The Morgan fingerprint density at radius 2 is 1.73 bits per heavy atom. The number of esters is 1. The summed E-state index contributed by atoms with van der Waals surface area (Å²) in [6, 6.07) is 15.0. The predicted molar refractivity (Wildman–Crippen MR) is 104 cm³/mol. The zero-order chi connectivity index (χ0) is 19.1. The van der Waals surface area contributed by atoms with Gasteiger partial charge in [-0.3, -0.25) is 4.79 Å². The van der Waals surface area contributed by atoms with Crippen LogP contribution in [0.5, 0.6) is 0 Å². The number of nitrogens with one attached hydrogen (secondary N) is 1. The topological polar surface area (TPSA) is 55.4 Å². The average molecular weight is 353 g/mol. The molecule has 0 unspecified atom stereocenters. The fraction of sp³-hybridized carbons (Fsp3) is 0.364. The van der Waals surface area contributed by atoms with Crippen LogP contribution in [0.2, 0.25) is 0 Å². The quantitative estimate of drug-likeness (QED) is 0.727. The highest BCUT2D eigenvalue weighted by atomic mass is 16.5. The molecule has 2 rings (SSSR count). The molecular formula is C22H27NO3. The van der Waals surface area contributed by atoms with E-state index in [2.05, 4.69) is 31.3 Å². The normalized spacial score (nSPS) is 11.9.